The minimum absolute atomic E-state index is 0.0576. The Morgan fingerprint density at radius 3 is 2.76 bits per heavy atom. The van der Waals surface area contributed by atoms with Crippen LogP contribution in [0.1, 0.15) is 63.3 Å². The predicted octanol–water partition coefficient (Wildman–Crippen LogP) is 3.97. The highest BCUT2D eigenvalue weighted by Gasteiger charge is 2.28. The van der Waals surface area contributed by atoms with E-state index < -0.39 is 5.97 Å². The molecule has 34 heavy (non-hydrogen) atoms. The number of unbranched alkanes of at least 4 members (excludes halogenated alkanes) is 2. The van der Waals surface area contributed by atoms with Gasteiger partial charge in [0.25, 0.3) is 0 Å². The van der Waals surface area contributed by atoms with Gasteiger partial charge >= 0.3 is 12.1 Å². The topological polar surface area (TPSA) is 120 Å². The number of nitrogens with zero attached hydrogens (tertiary/aromatic N) is 5. The van der Waals surface area contributed by atoms with Gasteiger partial charge in [0, 0.05) is 20.6 Å². The second kappa shape index (κ2) is 11.8. The van der Waals surface area contributed by atoms with Gasteiger partial charge in [0.05, 0.1) is 41.4 Å². The van der Waals surface area contributed by atoms with E-state index in [-0.39, 0.29) is 24.7 Å². The van der Waals surface area contributed by atoms with Crippen LogP contribution in [0.25, 0.3) is 11.4 Å². The number of ether oxygens (including phenoxy) is 2. The van der Waals surface area contributed by atoms with Gasteiger partial charge in [0.1, 0.15) is 6.61 Å². The molecule has 1 N–H and O–H groups in total. The average molecular weight is 474 g/mol. The smallest absolute Gasteiger partial charge is 0.409 e. The Labute approximate surface area is 200 Å². The summed E-state index contributed by atoms with van der Waals surface area (Å²) in [6, 6.07) is 0. The summed E-state index contributed by atoms with van der Waals surface area (Å²) in [4.78, 5) is 34.3. The van der Waals surface area contributed by atoms with Crippen LogP contribution in [0.2, 0.25) is 0 Å². The fraction of sp³-hybridized carbons (Fsp3) is 0.625. The fourth-order valence-electron chi connectivity index (χ4n) is 4.11. The Bertz CT molecular complexity index is 992. The molecule has 0 spiro atoms. The molecule has 0 unspecified atom stereocenters. The molecule has 10 heteroatoms. The standard InChI is InChI=1S/C24H35N5O5/c1-5-6-7-11-28(3)24(32)33-15-20-19(13-26-29(20)4)22-25-14-21(16(2)27-22)34-18-10-8-9-17(12-18)23(30)31/h13-14,17-18H,5-12,15H2,1-4H3,(H,30,31)/t17-,18-/m0/s1. The van der Waals surface area contributed by atoms with Crippen molar-refractivity contribution in [3.63, 3.8) is 0 Å². The zero-order valence-electron chi connectivity index (χ0n) is 20.5. The average Bonchev–Trinajstić information content (AvgIpc) is 3.19. The van der Waals surface area contributed by atoms with Gasteiger partial charge in [-0.2, -0.15) is 5.10 Å². The number of aryl methyl sites for hydroxylation is 2. The van der Waals surface area contributed by atoms with Crippen LogP contribution in [0.3, 0.4) is 0 Å². The molecule has 2 atom stereocenters. The zero-order chi connectivity index (χ0) is 24.7. The molecule has 0 radical (unpaired) electrons. The van der Waals surface area contributed by atoms with Gasteiger partial charge < -0.3 is 19.5 Å². The van der Waals surface area contributed by atoms with Crippen molar-refractivity contribution < 1.29 is 24.2 Å². The number of hydrogen-bond donors (Lipinski definition) is 1. The van der Waals surface area contributed by atoms with Crippen LogP contribution in [0.4, 0.5) is 4.79 Å². The van der Waals surface area contributed by atoms with E-state index in [9.17, 15) is 14.7 Å². The van der Waals surface area contributed by atoms with Crippen molar-refractivity contribution in [3.8, 4) is 17.1 Å². The molecule has 1 saturated carbocycles. The van der Waals surface area contributed by atoms with E-state index in [1.807, 2.05) is 6.92 Å². The lowest BCUT2D eigenvalue weighted by Crippen LogP contribution is -2.29. The van der Waals surface area contributed by atoms with Crippen LogP contribution in [0.15, 0.2) is 12.4 Å². The van der Waals surface area contributed by atoms with Crippen LogP contribution >= 0.6 is 0 Å². The molecular weight excluding hydrogens is 438 g/mol. The van der Waals surface area contributed by atoms with E-state index in [4.69, 9.17) is 9.47 Å². The number of carbonyl (C=O) groups is 2. The largest absolute Gasteiger partial charge is 0.487 e. The first kappa shape index (κ1) is 25.5. The van der Waals surface area contributed by atoms with Crippen molar-refractivity contribution in [1.82, 2.24) is 24.6 Å². The molecule has 1 amide bonds. The first-order valence-electron chi connectivity index (χ1n) is 11.9. The number of rotatable bonds is 10. The van der Waals surface area contributed by atoms with Gasteiger partial charge in [-0.3, -0.25) is 9.48 Å². The summed E-state index contributed by atoms with van der Waals surface area (Å²) in [5.41, 5.74) is 2.03. The SMILES string of the molecule is CCCCCN(C)C(=O)OCc1c(-c2ncc(O[C@H]3CCC[C@H](C(=O)O)C3)c(C)n2)cnn1C. The van der Waals surface area contributed by atoms with Crippen LogP contribution in [0, 0.1) is 12.8 Å². The van der Waals surface area contributed by atoms with Crippen molar-refractivity contribution in [3.05, 3.63) is 23.8 Å². The molecule has 186 valence electrons. The van der Waals surface area contributed by atoms with E-state index in [0.29, 0.717) is 47.9 Å². The summed E-state index contributed by atoms with van der Waals surface area (Å²) >= 11 is 0. The third-order valence-corrected chi connectivity index (χ3v) is 6.25. The van der Waals surface area contributed by atoms with Crippen LogP contribution in [0.5, 0.6) is 5.75 Å². The number of hydrogen-bond acceptors (Lipinski definition) is 7. The normalized spacial score (nSPS) is 17.9. The molecular formula is C24H35N5O5. The fourth-order valence-corrected chi connectivity index (χ4v) is 4.11. The highest BCUT2D eigenvalue weighted by atomic mass is 16.6. The molecule has 2 aromatic rings. The minimum Gasteiger partial charge on any atom is -0.487 e. The second-order valence-electron chi connectivity index (χ2n) is 8.90. The van der Waals surface area contributed by atoms with E-state index in [1.165, 1.54) is 0 Å². The third kappa shape index (κ3) is 6.45. The van der Waals surface area contributed by atoms with E-state index in [2.05, 4.69) is 22.0 Å². The zero-order valence-corrected chi connectivity index (χ0v) is 20.5. The van der Waals surface area contributed by atoms with Gasteiger partial charge in [-0.1, -0.05) is 19.8 Å². The van der Waals surface area contributed by atoms with Gasteiger partial charge in [-0.25, -0.2) is 14.8 Å². The summed E-state index contributed by atoms with van der Waals surface area (Å²) < 4.78 is 13.2. The first-order valence-corrected chi connectivity index (χ1v) is 11.9. The molecule has 0 saturated heterocycles. The molecule has 1 aliphatic rings. The Morgan fingerprint density at radius 2 is 2.06 bits per heavy atom. The molecule has 0 aliphatic heterocycles. The summed E-state index contributed by atoms with van der Waals surface area (Å²) in [5, 5.41) is 13.6. The summed E-state index contributed by atoms with van der Waals surface area (Å²) in [6.45, 7) is 4.67. The molecule has 2 heterocycles. The second-order valence-corrected chi connectivity index (χ2v) is 8.90. The summed E-state index contributed by atoms with van der Waals surface area (Å²) in [7, 11) is 3.52. The minimum atomic E-state index is -0.770. The highest BCUT2D eigenvalue weighted by molar-refractivity contribution is 5.70. The van der Waals surface area contributed by atoms with Crippen molar-refractivity contribution >= 4 is 12.1 Å². The quantitative estimate of drug-likeness (QED) is 0.515. The first-order chi connectivity index (χ1) is 16.3. The summed E-state index contributed by atoms with van der Waals surface area (Å²) in [6.07, 6.45) is 8.65. The maximum atomic E-state index is 12.3. The van der Waals surface area contributed by atoms with Gasteiger partial charge in [0.15, 0.2) is 11.6 Å². The van der Waals surface area contributed by atoms with Crippen molar-refractivity contribution in [2.24, 2.45) is 13.0 Å². The van der Waals surface area contributed by atoms with E-state index in [1.54, 1.807) is 36.1 Å². The Morgan fingerprint density at radius 1 is 1.26 bits per heavy atom. The maximum Gasteiger partial charge on any atom is 0.409 e. The number of carboxylic acids is 1. The number of aromatic nitrogens is 4. The third-order valence-electron chi connectivity index (χ3n) is 6.25. The maximum absolute atomic E-state index is 12.3. The van der Waals surface area contributed by atoms with Crippen molar-refractivity contribution in [1.29, 1.82) is 0 Å². The number of amides is 1. The van der Waals surface area contributed by atoms with E-state index in [0.717, 1.165) is 32.1 Å². The molecule has 3 rings (SSSR count). The van der Waals surface area contributed by atoms with Crippen molar-refractivity contribution in [2.45, 2.75) is 71.5 Å². The predicted molar refractivity (Wildman–Crippen MR) is 125 cm³/mol. The highest BCUT2D eigenvalue weighted by Crippen LogP contribution is 2.30. The lowest BCUT2D eigenvalue weighted by atomic mass is 9.87. The Hall–Kier alpha value is -3.17. The molecule has 1 aliphatic carbocycles. The molecule has 1 fully saturated rings. The monoisotopic (exact) mass is 473 g/mol. The van der Waals surface area contributed by atoms with Crippen molar-refractivity contribution in [2.75, 3.05) is 13.6 Å². The van der Waals surface area contributed by atoms with Gasteiger partial charge in [0.2, 0.25) is 0 Å². The molecule has 0 aromatic carbocycles. The van der Waals surface area contributed by atoms with Gasteiger partial charge in [-0.15, -0.1) is 0 Å². The van der Waals surface area contributed by atoms with Crippen LogP contribution in [-0.2, 0) is 23.2 Å². The molecule has 2 aromatic heterocycles. The Balaban J connectivity index is 1.66. The number of carbonyl (C=O) groups excluding carboxylic acids is 1. The van der Waals surface area contributed by atoms with Crippen LogP contribution < -0.4 is 4.74 Å². The lowest BCUT2D eigenvalue weighted by Gasteiger charge is -2.27. The number of carboxylic acid groups (broad SMARTS) is 1. The van der Waals surface area contributed by atoms with Gasteiger partial charge in [-0.05, 0) is 39.0 Å². The summed E-state index contributed by atoms with van der Waals surface area (Å²) in [5.74, 6) is -0.128. The lowest BCUT2D eigenvalue weighted by molar-refractivity contribution is -0.143. The van der Waals surface area contributed by atoms with E-state index >= 15 is 0 Å². The van der Waals surface area contributed by atoms with Crippen LogP contribution in [-0.4, -0.2) is 61.5 Å². The number of aliphatic carboxylic acids is 1. The molecule has 10 nitrogen and oxygen atoms in total. The Kier molecular flexibility index (Phi) is 8.84. The molecule has 0 bridgehead atoms.